The van der Waals surface area contributed by atoms with Crippen molar-refractivity contribution in [3.05, 3.63) is 35.4 Å². The molecule has 0 bridgehead atoms. The zero-order valence-electron chi connectivity index (χ0n) is 9.40. The summed E-state index contributed by atoms with van der Waals surface area (Å²) < 4.78 is 0. The molecule has 1 heterocycles. The van der Waals surface area contributed by atoms with Gasteiger partial charge in [0.15, 0.2) is 11.6 Å². The summed E-state index contributed by atoms with van der Waals surface area (Å²) in [4.78, 5) is 24.4. The summed E-state index contributed by atoms with van der Waals surface area (Å²) in [5.74, 6) is 0.0618. The molecule has 0 saturated carbocycles. The van der Waals surface area contributed by atoms with E-state index in [1.54, 1.807) is 0 Å². The van der Waals surface area contributed by atoms with Crippen LogP contribution in [0.4, 0.5) is 0 Å². The monoisotopic (exact) mass is 217 g/mol. The second kappa shape index (κ2) is 4.58. The van der Waals surface area contributed by atoms with Gasteiger partial charge in [-0.05, 0) is 12.5 Å². The Kier molecular flexibility index (Phi) is 3.15. The van der Waals surface area contributed by atoms with E-state index in [0.29, 0.717) is 19.6 Å². The lowest BCUT2D eigenvalue weighted by molar-refractivity contribution is -0.132. The number of hydrogen-bond acceptors (Lipinski definition) is 3. The van der Waals surface area contributed by atoms with Crippen molar-refractivity contribution in [3.63, 3.8) is 0 Å². The highest BCUT2D eigenvalue weighted by Gasteiger charge is 2.22. The van der Waals surface area contributed by atoms with Crippen molar-refractivity contribution in [2.45, 2.75) is 19.9 Å². The maximum Gasteiger partial charge on any atom is 0.154 e. The molecule has 3 nitrogen and oxygen atoms in total. The van der Waals surface area contributed by atoms with E-state index in [9.17, 15) is 9.59 Å². The van der Waals surface area contributed by atoms with Crippen LogP contribution in [0, 0.1) is 6.92 Å². The van der Waals surface area contributed by atoms with E-state index in [1.807, 2.05) is 36.1 Å². The van der Waals surface area contributed by atoms with Gasteiger partial charge >= 0.3 is 0 Å². The van der Waals surface area contributed by atoms with Gasteiger partial charge in [0, 0.05) is 6.54 Å². The van der Waals surface area contributed by atoms with Crippen molar-refractivity contribution < 1.29 is 9.59 Å². The van der Waals surface area contributed by atoms with Gasteiger partial charge in [0.1, 0.15) is 0 Å². The molecule has 1 aliphatic rings. The van der Waals surface area contributed by atoms with Gasteiger partial charge in [0.2, 0.25) is 0 Å². The number of aryl methyl sites for hydroxylation is 1. The first-order valence-electron chi connectivity index (χ1n) is 5.45. The minimum atomic E-state index is 0.0309. The van der Waals surface area contributed by atoms with Crippen LogP contribution in [-0.4, -0.2) is 29.6 Å². The number of Topliss-reactive ketones (excluding diaryl/α,β-unsaturated/α-hetero) is 2. The minimum Gasteiger partial charge on any atom is -0.298 e. The van der Waals surface area contributed by atoms with E-state index in [4.69, 9.17) is 0 Å². The van der Waals surface area contributed by atoms with Crippen LogP contribution in [0.15, 0.2) is 24.3 Å². The quantitative estimate of drug-likeness (QED) is 0.701. The van der Waals surface area contributed by atoms with E-state index in [-0.39, 0.29) is 18.0 Å². The number of nitrogens with zero attached hydrogens (tertiary/aromatic N) is 1. The first kappa shape index (κ1) is 11.0. The molecule has 0 aromatic heterocycles. The molecule has 0 spiro atoms. The van der Waals surface area contributed by atoms with Crippen molar-refractivity contribution >= 4 is 11.6 Å². The summed E-state index contributed by atoms with van der Waals surface area (Å²) in [6.07, 6.45) is 0.115. The van der Waals surface area contributed by atoms with Crippen molar-refractivity contribution in [2.75, 3.05) is 13.1 Å². The molecule has 3 heteroatoms. The fourth-order valence-corrected chi connectivity index (χ4v) is 1.95. The Morgan fingerprint density at radius 2 is 1.62 bits per heavy atom. The van der Waals surface area contributed by atoms with Crippen LogP contribution in [0.5, 0.6) is 0 Å². The van der Waals surface area contributed by atoms with Gasteiger partial charge < -0.3 is 0 Å². The second-order valence-electron chi connectivity index (χ2n) is 4.38. The molecule has 0 unspecified atom stereocenters. The molecule has 2 rings (SSSR count). The standard InChI is InChI=1S/C13H15NO2/c1-10-2-4-11(5-3-10)7-14-8-12(15)6-13(16)9-14/h2-5H,6-9H2,1H3. The molecule has 1 aliphatic heterocycles. The van der Waals surface area contributed by atoms with Gasteiger partial charge in [0.25, 0.3) is 0 Å². The molecule has 0 radical (unpaired) electrons. The van der Waals surface area contributed by atoms with E-state index in [2.05, 4.69) is 0 Å². The van der Waals surface area contributed by atoms with E-state index < -0.39 is 0 Å². The van der Waals surface area contributed by atoms with E-state index >= 15 is 0 Å². The predicted molar refractivity (Wildman–Crippen MR) is 61.1 cm³/mol. The van der Waals surface area contributed by atoms with Crippen molar-refractivity contribution in [1.29, 1.82) is 0 Å². The van der Waals surface area contributed by atoms with Gasteiger partial charge in [0.05, 0.1) is 19.5 Å². The third-order valence-electron chi connectivity index (χ3n) is 2.72. The number of likely N-dealkylation sites (tertiary alicyclic amines) is 1. The second-order valence-corrected chi connectivity index (χ2v) is 4.38. The molecular weight excluding hydrogens is 202 g/mol. The normalized spacial score (nSPS) is 17.8. The summed E-state index contributed by atoms with van der Waals surface area (Å²) in [6, 6.07) is 8.17. The number of rotatable bonds is 2. The highest BCUT2D eigenvalue weighted by molar-refractivity contribution is 6.02. The number of hydrogen-bond donors (Lipinski definition) is 0. The summed E-state index contributed by atoms with van der Waals surface area (Å²) in [5.41, 5.74) is 2.36. The Hall–Kier alpha value is -1.48. The van der Waals surface area contributed by atoms with Crippen LogP contribution in [-0.2, 0) is 16.1 Å². The fraction of sp³-hybridized carbons (Fsp3) is 0.385. The van der Waals surface area contributed by atoms with Crippen molar-refractivity contribution in [1.82, 2.24) is 4.90 Å². The molecule has 1 saturated heterocycles. The lowest BCUT2D eigenvalue weighted by atomic mass is 10.1. The van der Waals surface area contributed by atoms with Gasteiger partial charge in [-0.15, -0.1) is 0 Å². The summed E-state index contributed by atoms with van der Waals surface area (Å²) >= 11 is 0. The Morgan fingerprint density at radius 1 is 1.06 bits per heavy atom. The summed E-state index contributed by atoms with van der Waals surface area (Å²) in [7, 11) is 0. The number of carbonyl (C=O) groups excluding carboxylic acids is 2. The lowest BCUT2D eigenvalue weighted by Crippen LogP contribution is -2.40. The lowest BCUT2D eigenvalue weighted by Gasteiger charge is -2.24. The molecule has 0 aliphatic carbocycles. The summed E-state index contributed by atoms with van der Waals surface area (Å²) in [6.45, 7) is 3.52. The molecule has 1 aromatic carbocycles. The third-order valence-corrected chi connectivity index (χ3v) is 2.72. The smallest absolute Gasteiger partial charge is 0.154 e. The third kappa shape index (κ3) is 2.76. The first-order chi connectivity index (χ1) is 7.63. The zero-order chi connectivity index (χ0) is 11.5. The number of benzene rings is 1. The van der Waals surface area contributed by atoms with Crippen LogP contribution in [0.2, 0.25) is 0 Å². The molecule has 84 valence electrons. The number of ketones is 2. The van der Waals surface area contributed by atoms with Gasteiger partial charge in [-0.3, -0.25) is 14.5 Å². The topological polar surface area (TPSA) is 37.4 Å². The summed E-state index contributed by atoms with van der Waals surface area (Å²) in [5, 5.41) is 0. The van der Waals surface area contributed by atoms with Gasteiger partial charge in [-0.1, -0.05) is 29.8 Å². The van der Waals surface area contributed by atoms with Crippen LogP contribution in [0.25, 0.3) is 0 Å². The van der Waals surface area contributed by atoms with Crippen molar-refractivity contribution in [3.8, 4) is 0 Å². The molecule has 1 fully saturated rings. The maximum absolute atomic E-state index is 11.3. The largest absolute Gasteiger partial charge is 0.298 e. The Balaban J connectivity index is 2.01. The first-order valence-corrected chi connectivity index (χ1v) is 5.45. The number of carbonyl (C=O) groups is 2. The highest BCUT2D eigenvalue weighted by atomic mass is 16.2. The molecule has 1 aromatic rings. The van der Waals surface area contributed by atoms with Crippen LogP contribution >= 0.6 is 0 Å². The molecule has 0 N–H and O–H groups in total. The molecular formula is C13H15NO2. The maximum atomic E-state index is 11.3. The van der Waals surface area contributed by atoms with Crippen LogP contribution in [0.3, 0.4) is 0 Å². The van der Waals surface area contributed by atoms with Gasteiger partial charge in [-0.2, -0.15) is 0 Å². The van der Waals surface area contributed by atoms with Crippen LogP contribution in [0.1, 0.15) is 17.5 Å². The molecule has 0 amide bonds. The SMILES string of the molecule is Cc1ccc(CN2CC(=O)CC(=O)C2)cc1. The molecule has 0 atom stereocenters. The average Bonchev–Trinajstić information content (AvgIpc) is 2.20. The average molecular weight is 217 g/mol. The predicted octanol–water partition coefficient (Wildman–Crippen LogP) is 1.34. The van der Waals surface area contributed by atoms with Crippen molar-refractivity contribution in [2.24, 2.45) is 0 Å². The van der Waals surface area contributed by atoms with E-state index in [0.717, 1.165) is 5.56 Å². The molecule has 16 heavy (non-hydrogen) atoms. The Labute approximate surface area is 95.1 Å². The zero-order valence-corrected chi connectivity index (χ0v) is 9.40. The highest BCUT2D eigenvalue weighted by Crippen LogP contribution is 2.10. The van der Waals surface area contributed by atoms with Crippen LogP contribution < -0.4 is 0 Å². The Morgan fingerprint density at radius 3 is 2.19 bits per heavy atom. The fourth-order valence-electron chi connectivity index (χ4n) is 1.95. The minimum absolute atomic E-state index is 0.0309. The number of piperidine rings is 1. The van der Waals surface area contributed by atoms with E-state index in [1.165, 1.54) is 5.56 Å². The Bertz CT molecular complexity index is 392. The van der Waals surface area contributed by atoms with Gasteiger partial charge in [-0.25, -0.2) is 0 Å².